The third-order valence-electron chi connectivity index (χ3n) is 2.94. The number of nitrogens with zero attached hydrogens (tertiary/aromatic N) is 1. The summed E-state index contributed by atoms with van der Waals surface area (Å²) >= 11 is 1.60. The highest BCUT2D eigenvalue weighted by atomic mass is 32.1. The Morgan fingerprint density at radius 3 is 2.21 bits per heavy atom. The standard InChI is InChI=1S/C16H12FNS/c1-11-2-4-13(5-3-11)16-18-15(10-19-16)12-6-8-14(17)9-7-12/h2-10H,1H3. The fourth-order valence-electron chi connectivity index (χ4n) is 1.86. The number of rotatable bonds is 2. The lowest BCUT2D eigenvalue weighted by atomic mass is 10.1. The molecule has 1 aromatic heterocycles. The Hall–Kier alpha value is -2.00. The number of aryl methyl sites for hydroxylation is 1. The van der Waals surface area contributed by atoms with Crippen LogP contribution in [0.25, 0.3) is 21.8 Å². The zero-order chi connectivity index (χ0) is 13.2. The van der Waals surface area contributed by atoms with E-state index in [0.29, 0.717) is 0 Å². The number of hydrogen-bond donors (Lipinski definition) is 0. The molecule has 0 aliphatic rings. The molecule has 1 nitrogen and oxygen atoms in total. The molecule has 3 aromatic rings. The molecule has 3 heteroatoms. The third-order valence-corrected chi connectivity index (χ3v) is 3.83. The van der Waals surface area contributed by atoms with Crippen molar-refractivity contribution in [1.29, 1.82) is 0 Å². The highest BCUT2D eigenvalue weighted by molar-refractivity contribution is 7.13. The lowest BCUT2D eigenvalue weighted by Crippen LogP contribution is -1.81. The highest BCUT2D eigenvalue weighted by Crippen LogP contribution is 2.28. The van der Waals surface area contributed by atoms with Crippen molar-refractivity contribution in [3.63, 3.8) is 0 Å². The van der Waals surface area contributed by atoms with Gasteiger partial charge in [0.15, 0.2) is 0 Å². The summed E-state index contributed by atoms with van der Waals surface area (Å²) in [4.78, 5) is 4.61. The molecule has 2 aromatic carbocycles. The van der Waals surface area contributed by atoms with Crippen LogP contribution in [-0.4, -0.2) is 4.98 Å². The van der Waals surface area contributed by atoms with Crippen LogP contribution in [0.15, 0.2) is 53.9 Å². The van der Waals surface area contributed by atoms with Crippen molar-refractivity contribution >= 4 is 11.3 Å². The Balaban J connectivity index is 1.95. The molecule has 0 saturated heterocycles. The second-order valence-corrected chi connectivity index (χ2v) is 5.27. The first-order chi connectivity index (χ1) is 9.22. The maximum absolute atomic E-state index is 12.9. The fraction of sp³-hybridized carbons (Fsp3) is 0.0625. The lowest BCUT2D eigenvalue weighted by Gasteiger charge is -1.98. The van der Waals surface area contributed by atoms with E-state index in [1.54, 1.807) is 23.5 Å². The van der Waals surface area contributed by atoms with Crippen molar-refractivity contribution in [3.8, 4) is 21.8 Å². The van der Waals surface area contributed by atoms with Gasteiger partial charge in [-0.15, -0.1) is 11.3 Å². The predicted octanol–water partition coefficient (Wildman–Crippen LogP) is 4.92. The van der Waals surface area contributed by atoms with Crippen molar-refractivity contribution in [2.24, 2.45) is 0 Å². The molecule has 0 unspecified atom stereocenters. The molecule has 3 rings (SSSR count). The summed E-state index contributed by atoms with van der Waals surface area (Å²) in [5.74, 6) is -0.224. The van der Waals surface area contributed by atoms with Crippen LogP contribution < -0.4 is 0 Å². The first-order valence-corrected chi connectivity index (χ1v) is 6.89. The van der Waals surface area contributed by atoms with Crippen LogP contribution in [0, 0.1) is 12.7 Å². The van der Waals surface area contributed by atoms with Crippen LogP contribution in [0.2, 0.25) is 0 Å². The minimum atomic E-state index is -0.224. The van der Waals surface area contributed by atoms with Gasteiger partial charge in [0.25, 0.3) is 0 Å². The Labute approximate surface area is 115 Å². The van der Waals surface area contributed by atoms with Crippen LogP contribution >= 0.6 is 11.3 Å². The molecular weight excluding hydrogens is 257 g/mol. The molecule has 0 radical (unpaired) electrons. The molecule has 0 atom stereocenters. The van der Waals surface area contributed by atoms with Crippen molar-refractivity contribution in [1.82, 2.24) is 4.98 Å². The first-order valence-electron chi connectivity index (χ1n) is 6.01. The largest absolute Gasteiger partial charge is 0.236 e. The highest BCUT2D eigenvalue weighted by Gasteiger charge is 2.06. The summed E-state index contributed by atoms with van der Waals surface area (Å²) in [6.07, 6.45) is 0. The van der Waals surface area contributed by atoms with Crippen molar-refractivity contribution < 1.29 is 4.39 Å². The molecule has 0 saturated carbocycles. The van der Waals surface area contributed by atoms with Crippen LogP contribution in [0.5, 0.6) is 0 Å². The van der Waals surface area contributed by atoms with E-state index in [4.69, 9.17) is 0 Å². The van der Waals surface area contributed by atoms with Crippen molar-refractivity contribution in [3.05, 3.63) is 65.3 Å². The normalized spacial score (nSPS) is 10.6. The van der Waals surface area contributed by atoms with Gasteiger partial charge in [-0.05, 0) is 31.2 Å². The zero-order valence-corrected chi connectivity index (χ0v) is 11.2. The number of halogens is 1. The second kappa shape index (κ2) is 4.94. The SMILES string of the molecule is Cc1ccc(-c2nc(-c3ccc(F)cc3)cs2)cc1. The Morgan fingerprint density at radius 1 is 0.895 bits per heavy atom. The van der Waals surface area contributed by atoms with Gasteiger partial charge < -0.3 is 0 Å². The maximum atomic E-state index is 12.9. The van der Waals surface area contributed by atoms with Gasteiger partial charge in [-0.25, -0.2) is 9.37 Å². The summed E-state index contributed by atoms with van der Waals surface area (Å²) in [7, 11) is 0. The summed E-state index contributed by atoms with van der Waals surface area (Å²) in [5.41, 5.74) is 4.18. The number of benzene rings is 2. The van der Waals surface area contributed by atoms with Gasteiger partial charge in [0.1, 0.15) is 10.8 Å². The van der Waals surface area contributed by atoms with Crippen LogP contribution in [0.4, 0.5) is 4.39 Å². The average molecular weight is 269 g/mol. The Morgan fingerprint density at radius 2 is 1.53 bits per heavy atom. The van der Waals surface area contributed by atoms with Crippen molar-refractivity contribution in [2.75, 3.05) is 0 Å². The van der Waals surface area contributed by atoms with E-state index in [2.05, 4.69) is 36.2 Å². The zero-order valence-electron chi connectivity index (χ0n) is 10.4. The molecule has 19 heavy (non-hydrogen) atoms. The molecule has 0 N–H and O–H groups in total. The van der Waals surface area contributed by atoms with Gasteiger partial charge in [-0.1, -0.05) is 29.8 Å². The summed E-state index contributed by atoms with van der Waals surface area (Å²) in [5, 5.41) is 2.99. The molecule has 0 spiro atoms. The van der Waals surface area contributed by atoms with E-state index >= 15 is 0 Å². The van der Waals surface area contributed by atoms with E-state index in [-0.39, 0.29) is 5.82 Å². The Bertz CT molecular complexity index is 624. The van der Waals surface area contributed by atoms with Gasteiger partial charge in [-0.2, -0.15) is 0 Å². The summed E-state index contributed by atoms with van der Waals surface area (Å²) < 4.78 is 12.9. The molecule has 0 fully saturated rings. The van der Waals surface area contributed by atoms with Crippen LogP contribution in [0.3, 0.4) is 0 Å². The lowest BCUT2D eigenvalue weighted by molar-refractivity contribution is 0.628. The quantitative estimate of drug-likeness (QED) is 0.643. The molecular formula is C16H12FNS. The van der Waals surface area contributed by atoms with Crippen LogP contribution in [0.1, 0.15) is 5.56 Å². The number of hydrogen-bond acceptors (Lipinski definition) is 2. The summed E-state index contributed by atoms with van der Waals surface area (Å²) in [6.45, 7) is 2.07. The number of aromatic nitrogens is 1. The van der Waals surface area contributed by atoms with E-state index in [9.17, 15) is 4.39 Å². The number of thiazole rings is 1. The molecule has 1 heterocycles. The monoisotopic (exact) mass is 269 g/mol. The van der Waals surface area contributed by atoms with E-state index < -0.39 is 0 Å². The minimum absolute atomic E-state index is 0.224. The van der Waals surface area contributed by atoms with E-state index in [1.165, 1.54) is 17.7 Å². The topological polar surface area (TPSA) is 12.9 Å². The van der Waals surface area contributed by atoms with Gasteiger partial charge in [0.2, 0.25) is 0 Å². The minimum Gasteiger partial charge on any atom is -0.236 e. The van der Waals surface area contributed by atoms with E-state index in [1.807, 2.05) is 5.38 Å². The molecule has 0 aliphatic carbocycles. The third kappa shape index (κ3) is 2.56. The smallest absolute Gasteiger partial charge is 0.124 e. The van der Waals surface area contributed by atoms with Gasteiger partial charge in [0, 0.05) is 16.5 Å². The molecule has 0 bridgehead atoms. The molecule has 0 aliphatic heterocycles. The molecule has 0 amide bonds. The van der Waals surface area contributed by atoms with E-state index in [0.717, 1.165) is 21.8 Å². The maximum Gasteiger partial charge on any atom is 0.124 e. The summed E-state index contributed by atoms with van der Waals surface area (Å²) in [6, 6.07) is 14.7. The first kappa shape index (κ1) is 12.1. The molecule has 94 valence electrons. The Kier molecular flexibility index (Phi) is 3.13. The van der Waals surface area contributed by atoms with Gasteiger partial charge >= 0.3 is 0 Å². The predicted molar refractivity (Wildman–Crippen MR) is 77.7 cm³/mol. The average Bonchev–Trinajstić information content (AvgIpc) is 2.90. The van der Waals surface area contributed by atoms with Crippen molar-refractivity contribution in [2.45, 2.75) is 6.92 Å². The van der Waals surface area contributed by atoms with Gasteiger partial charge in [-0.3, -0.25) is 0 Å². The second-order valence-electron chi connectivity index (χ2n) is 4.41. The van der Waals surface area contributed by atoms with Gasteiger partial charge in [0.05, 0.1) is 5.69 Å². The van der Waals surface area contributed by atoms with Crippen LogP contribution in [-0.2, 0) is 0 Å². The fourth-order valence-corrected chi connectivity index (χ4v) is 2.69.